The molecule has 0 aliphatic rings. The highest BCUT2D eigenvalue weighted by Gasteiger charge is 2.26. The Morgan fingerprint density at radius 3 is 2.43 bits per heavy atom. The van der Waals surface area contributed by atoms with Gasteiger partial charge in [-0.1, -0.05) is 24.3 Å². The number of H-pyrrole nitrogens is 1. The van der Waals surface area contributed by atoms with Crippen LogP contribution in [0.3, 0.4) is 0 Å². The second-order valence-corrected chi connectivity index (χ2v) is 11.8. The Morgan fingerprint density at radius 1 is 0.976 bits per heavy atom. The maximum atomic E-state index is 13.7. The minimum absolute atomic E-state index is 0.216. The zero-order chi connectivity index (χ0) is 29.8. The number of rotatable bonds is 6. The summed E-state index contributed by atoms with van der Waals surface area (Å²) in [6, 6.07) is 23.2. The molecule has 0 atom stereocenters. The third-order valence-electron chi connectivity index (χ3n) is 7.21. The number of aromatic amines is 1. The van der Waals surface area contributed by atoms with Crippen LogP contribution in [-0.2, 0) is 10.0 Å². The monoisotopic (exact) mass is 584 g/mol. The van der Waals surface area contributed by atoms with E-state index >= 15 is 0 Å². The van der Waals surface area contributed by atoms with Crippen LogP contribution in [-0.4, -0.2) is 44.2 Å². The smallest absolute Gasteiger partial charge is 0.331 e. The maximum absolute atomic E-state index is 13.7. The largest absolute Gasteiger partial charge is 0.455 e. The molecule has 0 radical (unpaired) electrons. The van der Waals surface area contributed by atoms with Crippen molar-refractivity contribution in [3.63, 3.8) is 0 Å². The van der Waals surface area contributed by atoms with E-state index in [0.717, 1.165) is 10.6 Å². The van der Waals surface area contributed by atoms with Crippen molar-refractivity contribution in [1.82, 2.24) is 14.9 Å². The Morgan fingerprint density at radius 2 is 1.71 bits per heavy atom. The number of carbonyl (C=O) groups is 1. The standard InChI is InChI=1S/C31H25FN4O5S/c1-33-30(37)28-23-16-22(19-7-6-8-21(15-19)36-25-10-5-4-9-24(25)34-31(36)38)26(35(2)42(3,39)40)17-27(23)41-29(28)18-11-13-20(32)14-12-18/h4-17H,1-3H3,(H,33,37)(H,34,38). The molecule has 42 heavy (non-hydrogen) atoms. The highest BCUT2D eigenvalue weighted by molar-refractivity contribution is 7.92. The topological polar surface area (TPSA) is 117 Å². The molecule has 2 N–H and O–H groups in total. The van der Waals surface area contributed by atoms with Crippen LogP contribution in [0.2, 0.25) is 0 Å². The van der Waals surface area contributed by atoms with E-state index in [1.165, 1.54) is 42.9 Å². The summed E-state index contributed by atoms with van der Waals surface area (Å²) >= 11 is 0. The molecule has 0 bridgehead atoms. The van der Waals surface area contributed by atoms with Crippen molar-refractivity contribution in [2.45, 2.75) is 0 Å². The van der Waals surface area contributed by atoms with Gasteiger partial charge in [-0.25, -0.2) is 17.6 Å². The maximum Gasteiger partial charge on any atom is 0.331 e. The third kappa shape index (κ3) is 4.53. The highest BCUT2D eigenvalue weighted by Crippen LogP contribution is 2.41. The van der Waals surface area contributed by atoms with Crippen molar-refractivity contribution < 1.29 is 22.0 Å². The molecule has 4 aromatic carbocycles. The molecule has 0 unspecified atom stereocenters. The van der Waals surface area contributed by atoms with E-state index < -0.39 is 21.7 Å². The molecule has 1 amide bonds. The molecule has 0 aliphatic heterocycles. The minimum Gasteiger partial charge on any atom is -0.455 e. The van der Waals surface area contributed by atoms with Crippen molar-refractivity contribution in [2.24, 2.45) is 0 Å². The van der Waals surface area contributed by atoms with Gasteiger partial charge in [0.15, 0.2) is 0 Å². The zero-order valence-corrected chi connectivity index (χ0v) is 23.6. The van der Waals surface area contributed by atoms with Gasteiger partial charge in [-0.3, -0.25) is 13.7 Å². The Balaban J connectivity index is 1.64. The van der Waals surface area contributed by atoms with Crippen LogP contribution in [0.1, 0.15) is 10.4 Å². The lowest BCUT2D eigenvalue weighted by molar-refractivity contribution is 0.0964. The fourth-order valence-electron chi connectivity index (χ4n) is 5.08. The predicted octanol–water partition coefficient (Wildman–Crippen LogP) is 5.29. The molecule has 6 aromatic rings. The van der Waals surface area contributed by atoms with Crippen molar-refractivity contribution in [1.29, 1.82) is 0 Å². The first-order valence-corrected chi connectivity index (χ1v) is 14.7. The number of hydrogen-bond donors (Lipinski definition) is 2. The van der Waals surface area contributed by atoms with Gasteiger partial charge in [-0.15, -0.1) is 0 Å². The van der Waals surface area contributed by atoms with Gasteiger partial charge in [0.05, 0.1) is 34.2 Å². The summed E-state index contributed by atoms with van der Waals surface area (Å²) in [5, 5.41) is 3.07. The first kappa shape index (κ1) is 27.0. The van der Waals surface area contributed by atoms with Gasteiger partial charge in [0.2, 0.25) is 10.0 Å². The number of halogens is 1. The van der Waals surface area contributed by atoms with Crippen LogP contribution in [0.4, 0.5) is 10.1 Å². The van der Waals surface area contributed by atoms with E-state index in [1.807, 2.05) is 24.3 Å². The van der Waals surface area contributed by atoms with E-state index in [2.05, 4.69) is 10.3 Å². The zero-order valence-electron chi connectivity index (χ0n) is 22.8. The molecule has 0 spiro atoms. The number of para-hydroxylation sites is 2. The molecule has 0 fully saturated rings. The van der Waals surface area contributed by atoms with Crippen LogP contribution in [0.25, 0.3) is 50.1 Å². The molecule has 11 heteroatoms. The molecule has 2 heterocycles. The van der Waals surface area contributed by atoms with Crippen molar-refractivity contribution in [2.75, 3.05) is 24.7 Å². The SMILES string of the molecule is CNC(=O)c1c(-c2ccc(F)cc2)oc2cc(N(C)S(C)(=O)=O)c(-c3cccc(-n4c(=O)[nH]c5ccccc54)c3)cc12. The molecule has 0 aliphatic carbocycles. The van der Waals surface area contributed by atoms with Gasteiger partial charge in [0.1, 0.15) is 17.2 Å². The highest BCUT2D eigenvalue weighted by atomic mass is 32.2. The van der Waals surface area contributed by atoms with Gasteiger partial charge >= 0.3 is 5.69 Å². The predicted molar refractivity (Wildman–Crippen MR) is 161 cm³/mol. The minimum atomic E-state index is -3.71. The lowest BCUT2D eigenvalue weighted by Gasteiger charge is -2.21. The van der Waals surface area contributed by atoms with Gasteiger partial charge in [0.25, 0.3) is 5.91 Å². The number of sulfonamides is 1. The van der Waals surface area contributed by atoms with E-state index in [0.29, 0.717) is 44.5 Å². The summed E-state index contributed by atoms with van der Waals surface area (Å²) in [6.07, 6.45) is 1.09. The summed E-state index contributed by atoms with van der Waals surface area (Å²) in [6.45, 7) is 0. The number of imidazole rings is 1. The third-order valence-corrected chi connectivity index (χ3v) is 8.40. The summed E-state index contributed by atoms with van der Waals surface area (Å²) in [7, 11) is -0.796. The number of carbonyl (C=O) groups excluding carboxylic acids is 1. The lowest BCUT2D eigenvalue weighted by Crippen LogP contribution is -2.25. The summed E-state index contributed by atoms with van der Waals surface area (Å²) < 4.78 is 47.9. The number of anilines is 1. The molecule has 212 valence electrons. The number of hydrogen-bond acceptors (Lipinski definition) is 5. The Labute approximate surface area is 239 Å². The van der Waals surface area contributed by atoms with E-state index in [4.69, 9.17) is 4.42 Å². The molecule has 0 saturated carbocycles. The van der Waals surface area contributed by atoms with Gasteiger partial charge < -0.3 is 14.7 Å². The number of amides is 1. The fraction of sp³-hybridized carbons (Fsp3) is 0.0968. The Hall–Kier alpha value is -5.16. The molecular weight excluding hydrogens is 559 g/mol. The average Bonchev–Trinajstić information content (AvgIpc) is 3.52. The molecule has 2 aromatic heterocycles. The second kappa shape index (κ2) is 10.0. The van der Waals surface area contributed by atoms with Crippen LogP contribution in [0.15, 0.2) is 94.1 Å². The van der Waals surface area contributed by atoms with Crippen LogP contribution in [0, 0.1) is 5.82 Å². The molecular formula is C31H25FN4O5S. The molecule has 0 saturated heterocycles. The van der Waals surface area contributed by atoms with Crippen LogP contribution < -0.4 is 15.3 Å². The van der Waals surface area contributed by atoms with Crippen LogP contribution in [0.5, 0.6) is 0 Å². The van der Waals surface area contributed by atoms with Crippen molar-refractivity contribution in [3.05, 3.63) is 107 Å². The average molecular weight is 585 g/mol. The lowest BCUT2D eigenvalue weighted by atomic mass is 9.98. The number of benzene rings is 4. The summed E-state index contributed by atoms with van der Waals surface area (Å²) in [4.78, 5) is 28.9. The van der Waals surface area contributed by atoms with Gasteiger partial charge in [0, 0.05) is 36.7 Å². The van der Waals surface area contributed by atoms with Gasteiger partial charge in [-0.2, -0.15) is 0 Å². The van der Waals surface area contributed by atoms with E-state index in [1.54, 1.807) is 36.4 Å². The fourth-order valence-corrected chi connectivity index (χ4v) is 5.59. The number of nitrogens with zero attached hydrogens (tertiary/aromatic N) is 2. The van der Waals surface area contributed by atoms with Crippen molar-refractivity contribution in [3.8, 4) is 28.1 Å². The van der Waals surface area contributed by atoms with E-state index in [-0.39, 0.29) is 22.6 Å². The quantitative estimate of drug-likeness (QED) is 0.276. The number of furan rings is 1. The first-order chi connectivity index (χ1) is 20.1. The Bertz CT molecular complexity index is 2180. The molecule has 9 nitrogen and oxygen atoms in total. The Kier molecular flexibility index (Phi) is 6.46. The van der Waals surface area contributed by atoms with E-state index in [9.17, 15) is 22.4 Å². The number of fused-ring (bicyclic) bond motifs is 2. The number of aromatic nitrogens is 2. The normalized spacial score (nSPS) is 11.7. The summed E-state index contributed by atoms with van der Waals surface area (Å²) in [5.41, 5.74) is 3.96. The first-order valence-electron chi connectivity index (χ1n) is 12.9. The van der Waals surface area contributed by atoms with Crippen molar-refractivity contribution >= 4 is 43.6 Å². The second-order valence-electron chi connectivity index (χ2n) is 9.82. The molecule has 6 rings (SSSR count). The van der Waals surface area contributed by atoms with Crippen LogP contribution >= 0.6 is 0 Å². The number of nitrogens with one attached hydrogen (secondary N) is 2. The summed E-state index contributed by atoms with van der Waals surface area (Å²) in [5.74, 6) is -0.652. The van der Waals surface area contributed by atoms with Gasteiger partial charge in [-0.05, 0) is 60.2 Å².